The second-order valence-electron chi connectivity index (χ2n) is 5.29. The number of benzene rings is 1. The lowest BCUT2D eigenvalue weighted by Crippen LogP contribution is -2.34. The maximum atomic E-state index is 12.6. The summed E-state index contributed by atoms with van der Waals surface area (Å²) in [5, 5.41) is 7.25. The Hall–Kier alpha value is -2.95. The van der Waals surface area contributed by atoms with E-state index in [4.69, 9.17) is 0 Å². The highest BCUT2D eigenvalue weighted by Crippen LogP contribution is 2.22. The highest BCUT2D eigenvalue weighted by molar-refractivity contribution is 5.80. The van der Waals surface area contributed by atoms with Crippen LogP contribution in [0.25, 0.3) is 0 Å². The Labute approximate surface area is 135 Å². The minimum absolute atomic E-state index is 0.0839. The van der Waals surface area contributed by atoms with Crippen molar-refractivity contribution in [2.75, 3.05) is 0 Å². The van der Waals surface area contributed by atoms with Crippen molar-refractivity contribution < 1.29 is 4.79 Å². The number of hydrogen-bond donors (Lipinski definition) is 1. The van der Waals surface area contributed by atoms with E-state index in [1.165, 1.54) is 0 Å². The zero-order valence-electron chi connectivity index (χ0n) is 12.8. The average molecular weight is 306 g/mol. The summed E-state index contributed by atoms with van der Waals surface area (Å²) in [5.41, 5.74) is 2.02. The normalized spacial score (nSPS) is 13.3. The van der Waals surface area contributed by atoms with Crippen LogP contribution in [0.2, 0.25) is 0 Å². The third kappa shape index (κ3) is 3.45. The second-order valence-corrected chi connectivity index (χ2v) is 5.29. The molecule has 1 amide bonds. The summed E-state index contributed by atoms with van der Waals surface area (Å²) >= 11 is 0. The third-order valence-electron chi connectivity index (χ3n) is 3.76. The molecule has 0 bridgehead atoms. The van der Waals surface area contributed by atoms with Gasteiger partial charge in [-0.3, -0.25) is 14.5 Å². The highest BCUT2D eigenvalue weighted by atomic mass is 16.2. The molecular formula is C18H18N4O. The van der Waals surface area contributed by atoms with E-state index < -0.39 is 0 Å². The van der Waals surface area contributed by atoms with Crippen LogP contribution in [0.3, 0.4) is 0 Å². The Morgan fingerprint density at radius 3 is 2.35 bits per heavy atom. The third-order valence-corrected chi connectivity index (χ3v) is 3.76. The molecule has 0 spiro atoms. The molecule has 0 aliphatic rings. The Balaban J connectivity index is 1.86. The van der Waals surface area contributed by atoms with E-state index >= 15 is 0 Å². The van der Waals surface area contributed by atoms with Crippen LogP contribution in [0.4, 0.5) is 0 Å². The van der Waals surface area contributed by atoms with Gasteiger partial charge in [0.05, 0.1) is 6.04 Å². The molecule has 0 saturated carbocycles. The summed E-state index contributed by atoms with van der Waals surface area (Å²) in [7, 11) is 0. The molecule has 3 aromatic rings. The van der Waals surface area contributed by atoms with Crippen molar-refractivity contribution in [3.63, 3.8) is 0 Å². The predicted molar refractivity (Wildman–Crippen MR) is 87.6 cm³/mol. The van der Waals surface area contributed by atoms with Crippen LogP contribution < -0.4 is 5.32 Å². The van der Waals surface area contributed by atoms with Crippen molar-refractivity contribution in [3.05, 3.63) is 84.4 Å². The smallest absolute Gasteiger partial charge is 0.245 e. The van der Waals surface area contributed by atoms with E-state index in [-0.39, 0.29) is 18.0 Å². The van der Waals surface area contributed by atoms with E-state index in [0.717, 1.165) is 11.1 Å². The Bertz CT molecular complexity index is 702. The first-order valence-corrected chi connectivity index (χ1v) is 7.50. The van der Waals surface area contributed by atoms with Gasteiger partial charge >= 0.3 is 0 Å². The number of carbonyl (C=O) groups is 1. The number of rotatable bonds is 5. The van der Waals surface area contributed by atoms with Crippen LogP contribution in [0.15, 0.2) is 73.3 Å². The van der Waals surface area contributed by atoms with Gasteiger partial charge in [0, 0.05) is 24.8 Å². The molecule has 116 valence electrons. The lowest BCUT2D eigenvalue weighted by molar-refractivity contribution is -0.124. The molecule has 2 heterocycles. The minimum Gasteiger partial charge on any atom is -0.343 e. The number of pyridine rings is 1. The quantitative estimate of drug-likeness (QED) is 0.788. The van der Waals surface area contributed by atoms with Crippen molar-refractivity contribution in [2.24, 2.45) is 0 Å². The summed E-state index contributed by atoms with van der Waals surface area (Å²) < 4.78 is 1.64. The van der Waals surface area contributed by atoms with Gasteiger partial charge < -0.3 is 5.32 Å². The number of amides is 1. The maximum Gasteiger partial charge on any atom is 0.245 e. The van der Waals surface area contributed by atoms with Gasteiger partial charge in [-0.1, -0.05) is 30.3 Å². The first-order chi connectivity index (χ1) is 11.3. The largest absolute Gasteiger partial charge is 0.343 e. The van der Waals surface area contributed by atoms with Crippen LogP contribution in [0.1, 0.15) is 30.1 Å². The summed E-state index contributed by atoms with van der Waals surface area (Å²) in [4.78, 5) is 16.7. The first kappa shape index (κ1) is 15.0. The zero-order chi connectivity index (χ0) is 16.1. The molecule has 1 N–H and O–H groups in total. The Morgan fingerprint density at radius 1 is 1.00 bits per heavy atom. The van der Waals surface area contributed by atoms with Gasteiger partial charge in [0.15, 0.2) is 0 Å². The topological polar surface area (TPSA) is 59.8 Å². The van der Waals surface area contributed by atoms with E-state index in [9.17, 15) is 4.79 Å². The molecule has 2 aromatic heterocycles. The van der Waals surface area contributed by atoms with Gasteiger partial charge in [0.1, 0.15) is 6.04 Å². The van der Waals surface area contributed by atoms with Crippen LogP contribution in [-0.2, 0) is 4.79 Å². The molecule has 0 aliphatic heterocycles. The predicted octanol–water partition coefficient (Wildman–Crippen LogP) is 2.74. The minimum atomic E-state index is -0.377. The number of hydrogen-bond acceptors (Lipinski definition) is 3. The zero-order valence-corrected chi connectivity index (χ0v) is 12.8. The molecule has 5 heteroatoms. The molecule has 0 radical (unpaired) electrons. The highest BCUT2D eigenvalue weighted by Gasteiger charge is 2.21. The fourth-order valence-corrected chi connectivity index (χ4v) is 2.45. The van der Waals surface area contributed by atoms with Gasteiger partial charge in [0.25, 0.3) is 0 Å². The summed E-state index contributed by atoms with van der Waals surface area (Å²) in [6.07, 6.45) is 6.91. The SMILES string of the molecule is C[C@@H](C(=O)N[C@H](c1ccccc1)c1ccncc1)n1cccn1. The number of nitrogens with zero attached hydrogens (tertiary/aromatic N) is 3. The molecule has 5 nitrogen and oxygen atoms in total. The molecular weight excluding hydrogens is 288 g/mol. The van der Waals surface area contributed by atoms with Crippen molar-refractivity contribution in [2.45, 2.75) is 19.0 Å². The maximum absolute atomic E-state index is 12.6. The standard InChI is InChI=1S/C18H18N4O/c1-14(22-13-5-10-20-22)18(23)21-17(15-6-3-2-4-7-15)16-8-11-19-12-9-16/h2-14,17H,1H3,(H,21,23)/t14-,17+/m0/s1. The molecule has 0 saturated heterocycles. The molecule has 0 fully saturated rings. The summed E-state index contributed by atoms with van der Waals surface area (Å²) in [6.45, 7) is 1.83. The van der Waals surface area contributed by atoms with E-state index in [2.05, 4.69) is 15.4 Å². The van der Waals surface area contributed by atoms with Crippen LogP contribution in [-0.4, -0.2) is 20.7 Å². The molecule has 23 heavy (non-hydrogen) atoms. The molecule has 3 rings (SSSR count). The first-order valence-electron chi connectivity index (χ1n) is 7.50. The van der Waals surface area contributed by atoms with E-state index in [0.29, 0.717) is 0 Å². The number of nitrogens with one attached hydrogen (secondary N) is 1. The fourth-order valence-electron chi connectivity index (χ4n) is 2.45. The molecule has 1 aromatic carbocycles. The average Bonchev–Trinajstić information content (AvgIpc) is 3.15. The molecule has 2 atom stereocenters. The van der Waals surface area contributed by atoms with Crippen molar-refractivity contribution in [1.82, 2.24) is 20.1 Å². The van der Waals surface area contributed by atoms with Crippen molar-refractivity contribution in [3.8, 4) is 0 Å². The number of aromatic nitrogens is 3. The Morgan fingerprint density at radius 2 is 1.70 bits per heavy atom. The van der Waals surface area contributed by atoms with Gasteiger partial charge in [-0.2, -0.15) is 5.10 Å². The van der Waals surface area contributed by atoms with Gasteiger partial charge in [-0.25, -0.2) is 0 Å². The van der Waals surface area contributed by atoms with Crippen LogP contribution in [0, 0.1) is 0 Å². The molecule has 0 aliphatic carbocycles. The van der Waals surface area contributed by atoms with E-state index in [1.54, 1.807) is 35.5 Å². The molecule has 0 unspecified atom stereocenters. The fraction of sp³-hybridized carbons (Fsp3) is 0.167. The van der Waals surface area contributed by atoms with Gasteiger partial charge in [0.2, 0.25) is 5.91 Å². The lowest BCUT2D eigenvalue weighted by Gasteiger charge is -2.22. The van der Waals surface area contributed by atoms with Crippen molar-refractivity contribution >= 4 is 5.91 Å². The second kappa shape index (κ2) is 6.87. The monoisotopic (exact) mass is 306 g/mol. The van der Waals surface area contributed by atoms with Gasteiger partial charge in [-0.15, -0.1) is 0 Å². The number of carbonyl (C=O) groups excluding carboxylic acids is 1. The van der Waals surface area contributed by atoms with E-state index in [1.807, 2.05) is 49.4 Å². The summed E-state index contributed by atoms with van der Waals surface area (Å²) in [5.74, 6) is -0.0839. The van der Waals surface area contributed by atoms with Crippen LogP contribution in [0.5, 0.6) is 0 Å². The summed E-state index contributed by atoms with van der Waals surface area (Å²) in [6, 6.07) is 14.9. The van der Waals surface area contributed by atoms with Gasteiger partial charge in [-0.05, 0) is 36.2 Å². The van der Waals surface area contributed by atoms with Crippen LogP contribution >= 0.6 is 0 Å². The Kier molecular flexibility index (Phi) is 4.47. The lowest BCUT2D eigenvalue weighted by atomic mass is 9.99. The van der Waals surface area contributed by atoms with Crippen molar-refractivity contribution in [1.29, 1.82) is 0 Å².